The van der Waals surface area contributed by atoms with Crippen LogP contribution in [0.2, 0.25) is 0 Å². The lowest BCUT2D eigenvalue weighted by atomic mass is 10.1. The van der Waals surface area contributed by atoms with E-state index in [9.17, 15) is 0 Å². The van der Waals surface area contributed by atoms with Gasteiger partial charge in [-0.2, -0.15) is 0 Å². The topological polar surface area (TPSA) is 38.7 Å². The molecule has 166 valence electrons. The number of aromatic hydroxyl groups is 1. The highest BCUT2D eigenvalue weighted by Gasteiger charge is 2.02. The number of allylic oxidation sites excluding steroid dienone is 1. The lowest BCUT2D eigenvalue weighted by Crippen LogP contribution is -2.15. The van der Waals surface area contributed by atoms with E-state index in [2.05, 4.69) is 49.6 Å². The first-order chi connectivity index (χ1) is 15.6. The van der Waals surface area contributed by atoms with Gasteiger partial charge in [-0.3, -0.25) is 0 Å². The molecule has 1 atom stereocenters. The summed E-state index contributed by atoms with van der Waals surface area (Å²) < 4.78 is 10.8. The minimum absolute atomic E-state index is 0.199. The van der Waals surface area contributed by atoms with Crippen LogP contribution >= 0.6 is 0 Å². The Hall–Kier alpha value is -3.56. The van der Waals surface area contributed by atoms with Crippen LogP contribution in [-0.4, -0.2) is 18.0 Å². The predicted molar refractivity (Wildman–Crippen MR) is 136 cm³/mol. The summed E-state index contributed by atoms with van der Waals surface area (Å²) in [5.41, 5.74) is 4.70. The summed E-state index contributed by atoms with van der Waals surface area (Å²) >= 11 is 0. The Morgan fingerprint density at radius 2 is 1.62 bits per heavy atom. The van der Waals surface area contributed by atoms with E-state index in [1.165, 1.54) is 11.1 Å². The molecule has 1 unspecified atom stereocenters. The highest BCUT2D eigenvalue weighted by molar-refractivity contribution is 5.59. The van der Waals surface area contributed by atoms with Crippen LogP contribution in [0.3, 0.4) is 0 Å². The molecule has 0 bridgehead atoms. The molecule has 0 radical (unpaired) electrons. The molecule has 0 aromatic heterocycles. The van der Waals surface area contributed by atoms with Gasteiger partial charge in [0.2, 0.25) is 0 Å². The van der Waals surface area contributed by atoms with Crippen LogP contribution in [0, 0.1) is 0 Å². The maximum atomic E-state index is 9.04. The van der Waals surface area contributed by atoms with Gasteiger partial charge < -0.3 is 14.6 Å². The fraction of sp³-hybridized carbons (Fsp3) is 0.172. The first-order valence-corrected chi connectivity index (χ1v) is 10.7. The van der Waals surface area contributed by atoms with Crippen molar-refractivity contribution in [3.63, 3.8) is 0 Å². The molecule has 4 rings (SSSR count). The van der Waals surface area contributed by atoms with Gasteiger partial charge in [0.05, 0.1) is 0 Å². The number of para-hydroxylation sites is 1. The molecule has 3 heteroatoms. The van der Waals surface area contributed by atoms with E-state index in [4.69, 9.17) is 14.6 Å². The van der Waals surface area contributed by atoms with E-state index in [0.717, 1.165) is 23.3 Å². The maximum absolute atomic E-state index is 9.04. The van der Waals surface area contributed by atoms with E-state index < -0.39 is 0 Å². The zero-order chi connectivity index (χ0) is 23.2. The van der Waals surface area contributed by atoms with Crippen molar-refractivity contribution < 1.29 is 14.6 Å². The number of phenols is 1. The highest BCUT2D eigenvalue weighted by atomic mass is 16.7. The Morgan fingerprint density at radius 1 is 0.938 bits per heavy atom. The zero-order valence-corrected chi connectivity index (χ0v) is 18.9. The second-order valence-corrected chi connectivity index (χ2v) is 6.98. The van der Waals surface area contributed by atoms with Crippen LogP contribution in [0.4, 0.5) is 0 Å². The molecule has 1 N–H and O–H groups in total. The molecule has 0 saturated heterocycles. The molecule has 1 aliphatic rings. The van der Waals surface area contributed by atoms with Crippen molar-refractivity contribution in [1.29, 1.82) is 0 Å². The number of hydrogen-bond acceptors (Lipinski definition) is 3. The van der Waals surface area contributed by atoms with Crippen molar-refractivity contribution in [3.05, 3.63) is 114 Å². The third-order valence-electron chi connectivity index (χ3n) is 4.67. The monoisotopic (exact) mass is 428 g/mol. The first kappa shape index (κ1) is 24.7. The normalized spacial score (nSPS) is 11.7. The zero-order valence-electron chi connectivity index (χ0n) is 18.9. The van der Waals surface area contributed by atoms with Crippen molar-refractivity contribution >= 4 is 18.2 Å². The number of ether oxygens (including phenoxy) is 2. The summed E-state index contributed by atoms with van der Waals surface area (Å²) in [4.78, 5) is 0. The molecule has 3 aromatic carbocycles. The fourth-order valence-electron chi connectivity index (χ4n) is 3.00. The standard InChI is InChI=1S/C12H16O2.C9H8.C8H8O/c1-4-11-6-8-12(9-7-11)14-10(3)13-5-2;1-2-5-9-7-3-6-8(9)4-1;1-2-7-5-3-4-6-8(7)9/h4,6-10H,1,5H2,2-3H3;1-6H,7H2;2-6,9H,1H2. The third-order valence-corrected chi connectivity index (χ3v) is 4.67. The van der Waals surface area contributed by atoms with Crippen molar-refractivity contribution in [2.45, 2.75) is 26.6 Å². The average Bonchev–Trinajstić information content (AvgIpc) is 3.30. The maximum Gasteiger partial charge on any atom is 0.196 e. The Labute approximate surface area is 192 Å². The van der Waals surface area contributed by atoms with Gasteiger partial charge in [0.25, 0.3) is 0 Å². The Morgan fingerprint density at radius 3 is 2.22 bits per heavy atom. The quantitative estimate of drug-likeness (QED) is 0.416. The van der Waals surface area contributed by atoms with Crippen molar-refractivity contribution in [1.82, 2.24) is 0 Å². The average molecular weight is 429 g/mol. The second kappa shape index (κ2) is 13.7. The smallest absolute Gasteiger partial charge is 0.196 e. The molecule has 0 heterocycles. The van der Waals surface area contributed by atoms with Gasteiger partial charge in [-0.15, -0.1) is 0 Å². The summed E-state index contributed by atoms with van der Waals surface area (Å²) in [6.45, 7) is 11.7. The van der Waals surface area contributed by atoms with E-state index in [0.29, 0.717) is 6.61 Å². The molecular formula is C29H32O3. The summed E-state index contributed by atoms with van der Waals surface area (Å²) in [5, 5.41) is 9.04. The molecule has 0 spiro atoms. The van der Waals surface area contributed by atoms with Gasteiger partial charge in [0.1, 0.15) is 11.5 Å². The van der Waals surface area contributed by atoms with Crippen LogP contribution in [0.1, 0.15) is 36.1 Å². The lowest BCUT2D eigenvalue weighted by Gasteiger charge is -2.14. The first-order valence-electron chi connectivity index (χ1n) is 10.7. The Balaban J connectivity index is 0.000000176. The van der Waals surface area contributed by atoms with Gasteiger partial charge in [-0.1, -0.05) is 92.1 Å². The Bertz CT molecular complexity index is 997. The van der Waals surface area contributed by atoms with Crippen LogP contribution in [-0.2, 0) is 11.2 Å². The van der Waals surface area contributed by atoms with E-state index in [1.807, 2.05) is 50.2 Å². The lowest BCUT2D eigenvalue weighted by molar-refractivity contribution is -0.0613. The van der Waals surface area contributed by atoms with Crippen LogP contribution in [0.5, 0.6) is 11.5 Å². The van der Waals surface area contributed by atoms with Gasteiger partial charge in [0, 0.05) is 12.2 Å². The molecule has 1 aliphatic carbocycles. The van der Waals surface area contributed by atoms with Crippen LogP contribution in [0.15, 0.2) is 92.0 Å². The summed E-state index contributed by atoms with van der Waals surface area (Å²) in [6.07, 6.45) is 8.72. The van der Waals surface area contributed by atoms with E-state index >= 15 is 0 Å². The van der Waals surface area contributed by atoms with E-state index in [1.54, 1.807) is 24.3 Å². The largest absolute Gasteiger partial charge is 0.507 e. The molecule has 3 aromatic rings. The fourth-order valence-corrected chi connectivity index (χ4v) is 3.00. The van der Waals surface area contributed by atoms with Crippen molar-refractivity contribution in [2.24, 2.45) is 0 Å². The van der Waals surface area contributed by atoms with Crippen molar-refractivity contribution in [3.8, 4) is 11.5 Å². The van der Waals surface area contributed by atoms with Gasteiger partial charge in [-0.25, -0.2) is 0 Å². The van der Waals surface area contributed by atoms with E-state index in [-0.39, 0.29) is 12.0 Å². The molecule has 0 fully saturated rings. The second-order valence-electron chi connectivity index (χ2n) is 6.98. The molecule has 0 aliphatic heterocycles. The molecule has 3 nitrogen and oxygen atoms in total. The predicted octanol–water partition coefficient (Wildman–Crippen LogP) is 7.38. The SMILES string of the molecule is C1=Cc2ccccc2C1.C=Cc1ccc(OC(C)OCC)cc1.C=Cc1ccccc1O. The van der Waals surface area contributed by atoms with Crippen LogP contribution < -0.4 is 4.74 Å². The minimum Gasteiger partial charge on any atom is -0.507 e. The third kappa shape index (κ3) is 8.29. The number of phenolic OH excluding ortho intramolecular Hbond substituents is 1. The molecule has 0 saturated carbocycles. The van der Waals surface area contributed by atoms with Gasteiger partial charge in [-0.05, 0) is 55.2 Å². The van der Waals surface area contributed by atoms with Gasteiger partial charge >= 0.3 is 0 Å². The molecular weight excluding hydrogens is 396 g/mol. The van der Waals surface area contributed by atoms with Gasteiger partial charge in [0.15, 0.2) is 6.29 Å². The summed E-state index contributed by atoms with van der Waals surface area (Å²) in [6, 6.07) is 23.3. The number of hydrogen-bond donors (Lipinski definition) is 1. The Kier molecular flexibility index (Phi) is 10.6. The minimum atomic E-state index is -0.199. The number of rotatable bonds is 6. The summed E-state index contributed by atoms with van der Waals surface area (Å²) in [7, 11) is 0. The molecule has 0 amide bonds. The van der Waals surface area contributed by atoms with Crippen LogP contribution in [0.25, 0.3) is 18.2 Å². The summed E-state index contributed by atoms with van der Waals surface area (Å²) in [5.74, 6) is 1.10. The number of benzene rings is 3. The number of fused-ring (bicyclic) bond motifs is 1. The molecule has 32 heavy (non-hydrogen) atoms. The highest BCUT2D eigenvalue weighted by Crippen LogP contribution is 2.18. The van der Waals surface area contributed by atoms with Crippen molar-refractivity contribution in [2.75, 3.05) is 6.61 Å².